The minimum absolute atomic E-state index is 0.860. The Labute approximate surface area is 118 Å². The Kier molecular flexibility index (Phi) is 3.42. The maximum Gasteiger partial charge on any atom is 0.0859 e. The summed E-state index contributed by atoms with van der Waals surface area (Å²) in [5, 5.41) is 6.78. The molecule has 2 aromatic carbocycles. The number of nitrogens with zero attached hydrogens (tertiary/aromatic N) is 2. The maximum atomic E-state index is 4.42. The molecule has 3 rings (SSSR count). The third-order valence-corrected chi connectivity index (χ3v) is 3.17. The van der Waals surface area contributed by atoms with Gasteiger partial charge in [0.25, 0.3) is 0 Å². The molecule has 0 saturated carbocycles. The van der Waals surface area contributed by atoms with Gasteiger partial charge in [0.05, 0.1) is 17.1 Å². The lowest BCUT2D eigenvalue weighted by Gasteiger charge is -2.06. The summed E-state index contributed by atoms with van der Waals surface area (Å²) in [7, 11) is 0. The predicted molar refractivity (Wildman–Crippen MR) is 84.0 cm³/mol. The molecule has 0 amide bonds. The van der Waals surface area contributed by atoms with Crippen molar-refractivity contribution in [1.29, 1.82) is 0 Å². The SMILES string of the molecule is C/C(=N\Nc1cccc2ccccc12)c1ccccn1. The van der Waals surface area contributed by atoms with Crippen LogP contribution in [0.5, 0.6) is 0 Å². The van der Waals surface area contributed by atoms with E-state index in [0.29, 0.717) is 0 Å². The van der Waals surface area contributed by atoms with Crippen LogP contribution in [0.15, 0.2) is 72.0 Å². The predicted octanol–water partition coefficient (Wildman–Crippen LogP) is 4.07. The number of hydrazone groups is 1. The van der Waals surface area contributed by atoms with Crippen LogP contribution in [0.3, 0.4) is 0 Å². The summed E-state index contributed by atoms with van der Waals surface area (Å²) in [4.78, 5) is 4.28. The van der Waals surface area contributed by atoms with Gasteiger partial charge < -0.3 is 0 Å². The maximum absolute atomic E-state index is 4.42. The molecule has 3 heteroatoms. The van der Waals surface area contributed by atoms with Gasteiger partial charge >= 0.3 is 0 Å². The Morgan fingerprint density at radius 3 is 2.60 bits per heavy atom. The van der Waals surface area contributed by atoms with Crippen molar-refractivity contribution >= 4 is 22.2 Å². The average Bonchev–Trinajstić information content (AvgIpc) is 2.53. The first-order chi connectivity index (χ1) is 9.84. The van der Waals surface area contributed by atoms with Gasteiger partial charge in [0.2, 0.25) is 0 Å². The van der Waals surface area contributed by atoms with Crippen molar-refractivity contribution in [3.8, 4) is 0 Å². The van der Waals surface area contributed by atoms with Gasteiger partial charge in [-0.15, -0.1) is 0 Å². The van der Waals surface area contributed by atoms with Crippen molar-refractivity contribution in [1.82, 2.24) is 4.98 Å². The highest BCUT2D eigenvalue weighted by molar-refractivity contribution is 5.98. The van der Waals surface area contributed by atoms with Gasteiger partial charge in [-0.1, -0.05) is 42.5 Å². The normalized spacial score (nSPS) is 11.6. The molecule has 3 nitrogen and oxygen atoms in total. The number of rotatable bonds is 3. The number of benzene rings is 2. The molecule has 1 N–H and O–H groups in total. The van der Waals surface area contributed by atoms with E-state index in [2.05, 4.69) is 33.7 Å². The molecule has 20 heavy (non-hydrogen) atoms. The second kappa shape index (κ2) is 5.53. The largest absolute Gasteiger partial charge is 0.278 e. The molecule has 0 fully saturated rings. The monoisotopic (exact) mass is 261 g/mol. The molecule has 0 spiro atoms. The van der Waals surface area contributed by atoms with E-state index in [4.69, 9.17) is 0 Å². The zero-order chi connectivity index (χ0) is 13.8. The minimum atomic E-state index is 0.860. The lowest BCUT2D eigenvalue weighted by atomic mass is 10.1. The van der Waals surface area contributed by atoms with Crippen molar-refractivity contribution < 1.29 is 0 Å². The van der Waals surface area contributed by atoms with E-state index < -0.39 is 0 Å². The van der Waals surface area contributed by atoms with Crippen LogP contribution in [-0.2, 0) is 0 Å². The third kappa shape index (κ3) is 2.52. The van der Waals surface area contributed by atoms with E-state index in [1.165, 1.54) is 5.39 Å². The summed E-state index contributed by atoms with van der Waals surface area (Å²) >= 11 is 0. The molecule has 3 aromatic rings. The van der Waals surface area contributed by atoms with Crippen LogP contribution in [0.1, 0.15) is 12.6 Å². The second-order valence-corrected chi connectivity index (χ2v) is 4.55. The fourth-order valence-electron chi connectivity index (χ4n) is 2.10. The summed E-state index contributed by atoms with van der Waals surface area (Å²) in [6, 6.07) is 20.2. The van der Waals surface area contributed by atoms with Crippen LogP contribution in [-0.4, -0.2) is 10.7 Å². The van der Waals surface area contributed by atoms with Crippen molar-refractivity contribution in [3.63, 3.8) is 0 Å². The molecule has 0 atom stereocenters. The molecule has 0 aliphatic carbocycles. The van der Waals surface area contributed by atoms with Crippen LogP contribution in [0, 0.1) is 0 Å². The second-order valence-electron chi connectivity index (χ2n) is 4.55. The van der Waals surface area contributed by atoms with E-state index >= 15 is 0 Å². The van der Waals surface area contributed by atoms with E-state index in [1.54, 1.807) is 6.20 Å². The fourth-order valence-corrected chi connectivity index (χ4v) is 2.10. The quantitative estimate of drug-likeness (QED) is 0.570. The van der Waals surface area contributed by atoms with Crippen molar-refractivity contribution in [2.24, 2.45) is 5.10 Å². The standard InChI is InChI=1S/C17H15N3/c1-13(16-10-4-5-12-18-16)19-20-17-11-6-8-14-7-2-3-9-15(14)17/h2-12,20H,1H3/b19-13+. The number of aromatic nitrogens is 1. The van der Waals surface area contributed by atoms with Crippen molar-refractivity contribution in [2.45, 2.75) is 6.92 Å². The lowest BCUT2D eigenvalue weighted by Crippen LogP contribution is -2.01. The molecule has 0 unspecified atom stereocenters. The zero-order valence-corrected chi connectivity index (χ0v) is 11.2. The smallest absolute Gasteiger partial charge is 0.0859 e. The Balaban J connectivity index is 1.91. The van der Waals surface area contributed by atoms with Crippen LogP contribution in [0.4, 0.5) is 5.69 Å². The Morgan fingerprint density at radius 2 is 1.75 bits per heavy atom. The fraction of sp³-hybridized carbons (Fsp3) is 0.0588. The molecule has 98 valence electrons. The molecule has 0 radical (unpaired) electrons. The zero-order valence-electron chi connectivity index (χ0n) is 11.2. The van der Waals surface area contributed by atoms with Gasteiger partial charge in [-0.05, 0) is 30.5 Å². The van der Waals surface area contributed by atoms with Crippen LogP contribution in [0.25, 0.3) is 10.8 Å². The Hall–Kier alpha value is -2.68. The van der Waals surface area contributed by atoms with Gasteiger partial charge in [-0.2, -0.15) is 5.10 Å². The lowest BCUT2D eigenvalue weighted by molar-refractivity contribution is 1.25. The highest BCUT2D eigenvalue weighted by atomic mass is 15.3. The Bertz CT molecular complexity index is 743. The highest BCUT2D eigenvalue weighted by Crippen LogP contribution is 2.22. The Morgan fingerprint density at radius 1 is 0.950 bits per heavy atom. The van der Waals surface area contributed by atoms with Crippen LogP contribution < -0.4 is 5.43 Å². The van der Waals surface area contributed by atoms with Gasteiger partial charge in [0, 0.05) is 11.6 Å². The summed E-state index contributed by atoms with van der Waals surface area (Å²) in [6.07, 6.45) is 1.77. The van der Waals surface area contributed by atoms with E-state index in [-0.39, 0.29) is 0 Å². The topological polar surface area (TPSA) is 37.3 Å². The molecule has 1 heterocycles. The number of hydrogen-bond donors (Lipinski definition) is 1. The molecule has 0 aliphatic heterocycles. The summed E-state index contributed by atoms with van der Waals surface area (Å²) in [6.45, 7) is 1.94. The highest BCUT2D eigenvalue weighted by Gasteiger charge is 2.00. The summed E-state index contributed by atoms with van der Waals surface area (Å²) in [5.74, 6) is 0. The van der Waals surface area contributed by atoms with Crippen LogP contribution in [0.2, 0.25) is 0 Å². The molecule has 0 aliphatic rings. The van der Waals surface area contributed by atoms with Crippen molar-refractivity contribution in [3.05, 3.63) is 72.6 Å². The number of anilines is 1. The third-order valence-electron chi connectivity index (χ3n) is 3.17. The molecule has 0 saturated heterocycles. The minimum Gasteiger partial charge on any atom is -0.278 e. The molecular weight excluding hydrogens is 246 g/mol. The first kappa shape index (κ1) is 12.4. The first-order valence-corrected chi connectivity index (χ1v) is 6.54. The van der Waals surface area contributed by atoms with E-state index in [9.17, 15) is 0 Å². The van der Waals surface area contributed by atoms with E-state index in [1.807, 2.05) is 49.4 Å². The average molecular weight is 261 g/mol. The van der Waals surface area contributed by atoms with Crippen molar-refractivity contribution in [2.75, 3.05) is 5.43 Å². The summed E-state index contributed by atoms with van der Waals surface area (Å²) in [5.41, 5.74) is 5.87. The number of fused-ring (bicyclic) bond motifs is 1. The van der Waals surface area contributed by atoms with Gasteiger partial charge in [0.15, 0.2) is 0 Å². The summed E-state index contributed by atoms with van der Waals surface area (Å²) < 4.78 is 0. The molecular formula is C17H15N3. The molecule has 1 aromatic heterocycles. The number of nitrogens with one attached hydrogen (secondary N) is 1. The van der Waals surface area contributed by atoms with Gasteiger partial charge in [-0.25, -0.2) is 0 Å². The van der Waals surface area contributed by atoms with Gasteiger partial charge in [-0.3, -0.25) is 10.4 Å². The number of hydrogen-bond acceptors (Lipinski definition) is 3. The van der Waals surface area contributed by atoms with Gasteiger partial charge in [0.1, 0.15) is 0 Å². The molecule has 0 bridgehead atoms. The van der Waals surface area contributed by atoms with E-state index in [0.717, 1.165) is 22.5 Å². The van der Waals surface area contributed by atoms with Crippen LogP contribution >= 0.6 is 0 Å². The number of pyridine rings is 1. The first-order valence-electron chi connectivity index (χ1n) is 6.54.